The lowest BCUT2D eigenvalue weighted by atomic mass is 10.0. The topological polar surface area (TPSA) is 69.0 Å². The zero-order valence-electron chi connectivity index (χ0n) is 14.9. The van der Waals surface area contributed by atoms with Crippen molar-refractivity contribution in [1.82, 2.24) is 4.31 Å². The normalized spacial score (nSPS) is 21.2. The maximum atomic E-state index is 13.2. The summed E-state index contributed by atoms with van der Waals surface area (Å²) in [6.45, 7) is 2.15. The number of furan rings is 1. The lowest BCUT2D eigenvalue weighted by Crippen LogP contribution is -2.51. The molecule has 0 atom stereocenters. The molecular weight excluding hydrogens is 366 g/mol. The van der Waals surface area contributed by atoms with Crippen LogP contribution in [-0.4, -0.2) is 44.8 Å². The Bertz CT molecular complexity index is 1090. The summed E-state index contributed by atoms with van der Waals surface area (Å²) in [5.74, 6) is -0.602. The van der Waals surface area contributed by atoms with Gasteiger partial charge in [0.2, 0.25) is 10.0 Å². The van der Waals surface area contributed by atoms with Crippen molar-refractivity contribution < 1.29 is 22.3 Å². The fourth-order valence-corrected chi connectivity index (χ4v) is 5.46. The standard InChI is InChI=1S/C20H21NO5S/c22-27(23,21-10-8-20(9-11-21)24-12-3-13-25-20)15-6-7-19-17(14-15)16-4-1-2-5-18(16)26-19/h1-2,4-7,14H,3,8-13H2. The minimum Gasteiger partial charge on any atom is -0.456 e. The molecule has 7 heteroatoms. The second-order valence-electron chi connectivity index (χ2n) is 7.12. The third-order valence-corrected chi connectivity index (χ3v) is 7.38. The molecule has 0 saturated carbocycles. The molecule has 2 aromatic carbocycles. The van der Waals surface area contributed by atoms with Crippen LogP contribution < -0.4 is 0 Å². The van der Waals surface area contributed by atoms with E-state index in [4.69, 9.17) is 13.9 Å². The molecule has 0 amide bonds. The Morgan fingerprint density at radius 1 is 0.889 bits per heavy atom. The van der Waals surface area contributed by atoms with Crippen molar-refractivity contribution in [2.45, 2.75) is 29.9 Å². The van der Waals surface area contributed by atoms with E-state index in [0.717, 1.165) is 22.8 Å². The van der Waals surface area contributed by atoms with Crippen molar-refractivity contribution in [3.8, 4) is 0 Å². The van der Waals surface area contributed by atoms with Crippen LogP contribution in [0.4, 0.5) is 0 Å². The van der Waals surface area contributed by atoms with E-state index in [-0.39, 0.29) is 0 Å². The van der Waals surface area contributed by atoms with E-state index in [1.54, 1.807) is 18.2 Å². The van der Waals surface area contributed by atoms with Gasteiger partial charge in [0.15, 0.2) is 5.79 Å². The molecule has 3 heterocycles. The van der Waals surface area contributed by atoms with Gasteiger partial charge < -0.3 is 13.9 Å². The molecule has 2 fully saturated rings. The molecule has 27 heavy (non-hydrogen) atoms. The third-order valence-electron chi connectivity index (χ3n) is 5.49. The van der Waals surface area contributed by atoms with E-state index in [9.17, 15) is 8.42 Å². The molecule has 5 rings (SSSR count). The van der Waals surface area contributed by atoms with E-state index in [1.165, 1.54) is 4.31 Å². The number of hydrogen-bond donors (Lipinski definition) is 0. The van der Waals surface area contributed by atoms with Gasteiger partial charge in [-0.1, -0.05) is 18.2 Å². The van der Waals surface area contributed by atoms with E-state index in [1.807, 2.05) is 24.3 Å². The highest BCUT2D eigenvalue weighted by Crippen LogP contribution is 2.35. The van der Waals surface area contributed by atoms with Gasteiger partial charge in [0.05, 0.1) is 18.1 Å². The summed E-state index contributed by atoms with van der Waals surface area (Å²) >= 11 is 0. The largest absolute Gasteiger partial charge is 0.456 e. The molecule has 0 unspecified atom stereocenters. The van der Waals surface area contributed by atoms with Crippen LogP contribution in [0.5, 0.6) is 0 Å². The predicted molar refractivity (Wildman–Crippen MR) is 101 cm³/mol. The van der Waals surface area contributed by atoms with Crippen molar-refractivity contribution in [2.75, 3.05) is 26.3 Å². The molecule has 2 aliphatic heterocycles. The summed E-state index contributed by atoms with van der Waals surface area (Å²) in [4.78, 5) is 0.294. The van der Waals surface area contributed by atoms with E-state index in [0.29, 0.717) is 49.6 Å². The number of fused-ring (bicyclic) bond motifs is 3. The van der Waals surface area contributed by atoms with Gasteiger partial charge >= 0.3 is 0 Å². The fourth-order valence-electron chi connectivity index (χ4n) is 3.99. The number of para-hydroxylation sites is 1. The van der Waals surface area contributed by atoms with Gasteiger partial charge in [0.1, 0.15) is 11.2 Å². The van der Waals surface area contributed by atoms with Gasteiger partial charge in [0.25, 0.3) is 0 Å². The monoisotopic (exact) mass is 387 g/mol. The highest BCUT2D eigenvalue weighted by Gasteiger charge is 2.41. The molecule has 3 aromatic rings. The Kier molecular flexibility index (Phi) is 4.01. The number of benzene rings is 2. The molecule has 0 bridgehead atoms. The Morgan fingerprint density at radius 3 is 2.37 bits per heavy atom. The zero-order valence-corrected chi connectivity index (χ0v) is 15.7. The molecule has 0 N–H and O–H groups in total. The minimum absolute atomic E-state index is 0.294. The van der Waals surface area contributed by atoms with Crippen molar-refractivity contribution in [1.29, 1.82) is 0 Å². The maximum Gasteiger partial charge on any atom is 0.243 e. The Balaban J connectivity index is 1.45. The van der Waals surface area contributed by atoms with Crippen LogP contribution >= 0.6 is 0 Å². The maximum absolute atomic E-state index is 13.2. The molecule has 1 spiro atoms. The van der Waals surface area contributed by atoms with E-state index in [2.05, 4.69) is 0 Å². The first kappa shape index (κ1) is 17.2. The molecule has 1 aromatic heterocycles. The van der Waals surface area contributed by atoms with Crippen LogP contribution in [0.1, 0.15) is 19.3 Å². The van der Waals surface area contributed by atoms with Crippen LogP contribution in [0, 0.1) is 0 Å². The number of piperidine rings is 1. The van der Waals surface area contributed by atoms with Gasteiger partial charge in [-0.05, 0) is 30.7 Å². The number of ether oxygens (including phenoxy) is 2. The summed E-state index contributed by atoms with van der Waals surface area (Å²) in [7, 11) is -3.57. The molecule has 0 radical (unpaired) electrons. The van der Waals surface area contributed by atoms with Crippen molar-refractivity contribution in [3.63, 3.8) is 0 Å². The predicted octanol–water partition coefficient (Wildman–Crippen LogP) is 3.50. The molecule has 0 aliphatic carbocycles. The first-order valence-electron chi connectivity index (χ1n) is 9.27. The Hall–Kier alpha value is -1.93. The molecule has 2 aliphatic rings. The van der Waals surface area contributed by atoms with Crippen LogP contribution in [0.2, 0.25) is 0 Å². The molecule has 2 saturated heterocycles. The van der Waals surface area contributed by atoms with Crippen LogP contribution in [-0.2, 0) is 19.5 Å². The van der Waals surface area contributed by atoms with Crippen molar-refractivity contribution in [3.05, 3.63) is 42.5 Å². The molecular formula is C20H21NO5S. The smallest absolute Gasteiger partial charge is 0.243 e. The van der Waals surface area contributed by atoms with Crippen LogP contribution in [0.25, 0.3) is 21.9 Å². The summed E-state index contributed by atoms with van der Waals surface area (Å²) in [6, 6.07) is 12.7. The highest BCUT2D eigenvalue weighted by atomic mass is 32.2. The number of rotatable bonds is 2. The van der Waals surface area contributed by atoms with Gasteiger partial charge in [-0.25, -0.2) is 8.42 Å². The number of sulfonamides is 1. The van der Waals surface area contributed by atoms with Crippen LogP contribution in [0.3, 0.4) is 0 Å². The molecule has 6 nitrogen and oxygen atoms in total. The first-order valence-corrected chi connectivity index (χ1v) is 10.7. The number of nitrogens with zero attached hydrogens (tertiary/aromatic N) is 1. The number of hydrogen-bond acceptors (Lipinski definition) is 5. The SMILES string of the molecule is O=S(=O)(c1ccc2oc3ccccc3c2c1)N1CCC2(CC1)OCCCO2. The minimum atomic E-state index is -3.57. The van der Waals surface area contributed by atoms with Gasteiger partial charge in [-0.2, -0.15) is 4.31 Å². The Labute approximate surface area is 157 Å². The van der Waals surface area contributed by atoms with Crippen molar-refractivity contribution in [2.24, 2.45) is 0 Å². The summed E-state index contributed by atoms with van der Waals surface area (Å²) in [5.41, 5.74) is 1.45. The van der Waals surface area contributed by atoms with Gasteiger partial charge in [-0.15, -0.1) is 0 Å². The Morgan fingerprint density at radius 2 is 1.59 bits per heavy atom. The third kappa shape index (κ3) is 2.86. The van der Waals surface area contributed by atoms with E-state index < -0.39 is 15.8 Å². The summed E-state index contributed by atoms with van der Waals surface area (Å²) in [6.07, 6.45) is 2.01. The lowest BCUT2D eigenvalue weighted by Gasteiger charge is -2.42. The van der Waals surface area contributed by atoms with Crippen LogP contribution in [0.15, 0.2) is 51.8 Å². The highest BCUT2D eigenvalue weighted by molar-refractivity contribution is 7.89. The molecule has 142 valence electrons. The lowest BCUT2D eigenvalue weighted by molar-refractivity contribution is -0.280. The summed E-state index contributed by atoms with van der Waals surface area (Å²) in [5, 5.41) is 1.74. The van der Waals surface area contributed by atoms with Crippen molar-refractivity contribution >= 4 is 32.0 Å². The van der Waals surface area contributed by atoms with Gasteiger partial charge in [-0.3, -0.25) is 0 Å². The second kappa shape index (κ2) is 6.31. The zero-order chi connectivity index (χ0) is 18.5. The van der Waals surface area contributed by atoms with Gasteiger partial charge in [0, 0.05) is 36.7 Å². The summed E-state index contributed by atoms with van der Waals surface area (Å²) < 4.78 is 45.3. The van der Waals surface area contributed by atoms with E-state index >= 15 is 0 Å². The fraction of sp³-hybridized carbons (Fsp3) is 0.400. The average molecular weight is 387 g/mol. The average Bonchev–Trinajstić information content (AvgIpc) is 3.07. The second-order valence-corrected chi connectivity index (χ2v) is 9.06. The first-order chi connectivity index (χ1) is 13.1. The quantitative estimate of drug-likeness (QED) is 0.673.